The van der Waals surface area contributed by atoms with Gasteiger partial charge in [0.05, 0.1) is 9.79 Å². The molecule has 8 heteroatoms. The van der Waals surface area contributed by atoms with E-state index in [2.05, 4.69) is 4.72 Å². The molecule has 0 unspecified atom stereocenters. The summed E-state index contributed by atoms with van der Waals surface area (Å²) in [4.78, 5) is -0.157. The summed E-state index contributed by atoms with van der Waals surface area (Å²) in [6.07, 6.45) is 1.02. The van der Waals surface area contributed by atoms with Crippen molar-refractivity contribution in [1.82, 2.24) is 4.72 Å². The van der Waals surface area contributed by atoms with Gasteiger partial charge in [0.1, 0.15) is 0 Å². The van der Waals surface area contributed by atoms with Crippen molar-refractivity contribution >= 4 is 31.5 Å². The van der Waals surface area contributed by atoms with Crippen LogP contribution < -0.4 is 4.72 Å². The molecule has 0 aliphatic rings. The predicted molar refractivity (Wildman–Crippen MR) is 85.0 cm³/mol. The van der Waals surface area contributed by atoms with Crippen LogP contribution in [0.1, 0.15) is 5.56 Å². The highest BCUT2D eigenvalue weighted by molar-refractivity contribution is 7.91. The van der Waals surface area contributed by atoms with Gasteiger partial charge in [-0.1, -0.05) is 35.9 Å². The van der Waals surface area contributed by atoms with Crippen LogP contribution in [-0.4, -0.2) is 23.1 Å². The van der Waals surface area contributed by atoms with E-state index in [4.69, 9.17) is 11.6 Å². The van der Waals surface area contributed by atoms with Gasteiger partial charge >= 0.3 is 0 Å². The molecule has 0 aliphatic heterocycles. The van der Waals surface area contributed by atoms with Gasteiger partial charge in [0.25, 0.3) is 0 Å². The Labute approximate surface area is 134 Å². The highest BCUT2D eigenvalue weighted by Crippen LogP contribution is 2.18. The number of hydrogen-bond donors (Lipinski definition) is 1. The molecule has 118 valence electrons. The van der Waals surface area contributed by atoms with Crippen LogP contribution >= 0.6 is 11.6 Å². The highest BCUT2D eigenvalue weighted by Gasteiger charge is 2.17. The van der Waals surface area contributed by atoms with E-state index >= 15 is 0 Å². The lowest BCUT2D eigenvalue weighted by Crippen LogP contribution is -2.23. The fraction of sp³-hybridized carbons (Fsp3) is 0.143. The Balaban J connectivity index is 2.26. The van der Waals surface area contributed by atoms with E-state index in [1.807, 2.05) is 0 Å². The lowest BCUT2D eigenvalue weighted by atomic mass is 10.2. The molecule has 0 atom stereocenters. The second-order valence-corrected chi connectivity index (χ2v) is 8.85. The first-order chi connectivity index (χ1) is 10.2. The van der Waals surface area contributed by atoms with Gasteiger partial charge in [-0.05, 0) is 29.8 Å². The standard InChI is InChI=1S/C14H14ClNO4S2/c1-21(17,18)12-6-4-7-13(9-12)22(19,20)16-10-11-5-2-3-8-14(11)15/h2-9,16H,10H2,1H3. The summed E-state index contributed by atoms with van der Waals surface area (Å²) in [6, 6.07) is 12.1. The molecule has 0 aliphatic carbocycles. The number of benzene rings is 2. The zero-order valence-electron chi connectivity index (χ0n) is 11.7. The molecule has 0 bridgehead atoms. The molecule has 0 saturated heterocycles. The van der Waals surface area contributed by atoms with Crippen LogP contribution in [0.25, 0.3) is 0 Å². The Hall–Kier alpha value is -1.41. The summed E-state index contributed by atoms with van der Waals surface area (Å²) in [6.45, 7) is 0.0190. The van der Waals surface area contributed by atoms with Crippen molar-refractivity contribution in [3.8, 4) is 0 Å². The number of hydrogen-bond acceptors (Lipinski definition) is 4. The summed E-state index contributed by atoms with van der Waals surface area (Å²) in [5.74, 6) is 0. The molecule has 2 rings (SSSR count). The Morgan fingerprint density at radius 3 is 2.23 bits per heavy atom. The Morgan fingerprint density at radius 1 is 0.955 bits per heavy atom. The second kappa shape index (κ2) is 6.37. The summed E-state index contributed by atoms with van der Waals surface area (Å²) < 4.78 is 49.9. The van der Waals surface area contributed by atoms with Crippen LogP contribution in [0.2, 0.25) is 5.02 Å². The summed E-state index contributed by atoms with van der Waals surface area (Å²) in [7, 11) is -7.30. The first kappa shape index (κ1) is 17.0. The SMILES string of the molecule is CS(=O)(=O)c1cccc(S(=O)(=O)NCc2ccccc2Cl)c1. The smallest absolute Gasteiger partial charge is 0.224 e. The molecule has 2 aromatic rings. The fourth-order valence-corrected chi connectivity index (χ4v) is 3.77. The first-order valence-electron chi connectivity index (χ1n) is 6.23. The predicted octanol–water partition coefficient (Wildman–Crippen LogP) is 2.22. The maximum atomic E-state index is 12.2. The van der Waals surface area contributed by atoms with E-state index in [0.717, 1.165) is 12.3 Å². The molecule has 22 heavy (non-hydrogen) atoms. The summed E-state index contributed by atoms with van der Waals surface area (Å²) in [5, 5.41) is 0.454. The Morgan fingerprint density at radius 2 is 1.59 bits per heavy atom. The third kappa shape index (κ3) is 4.07. The van der Waals surface area contributed by atoms with Gasteiger partial charge in [0.2, 0.25) is 10.0 Å². The molecule has 2 aromatic carbocycles. The number of sulfonamides is 1. The van der Waals surface area contributed by atoms with Gasteiger partial charge in [-0.15, -0.1) is 0 Å². The lowest BCUT2D eigenvalue weighted by molar-refractivity contribution is 0.581. The minimum absolute atomic E-state index is 0.0190. The lowest BCUT2D eigenvalue weighted by Gasteiger charge is -2.09. The molecule has 0 spiro atoms. The van der Waals surface area contributed by atoms with E-state index in [-0.39, 0.29) is 16.3 Å². The molecule has 0 fully saturated rings. The van der Waals surface area contributed by atoms with E-state index in [1.165, 1.54) is 18.2 Å². The molecule has 0 aromatic heterocycles. The van der Waals surface area contributed by atoms with Crippen LogP contribution in [0.3, 0.4) is 0 Å². The quantitative estimate of drug-likeness (QED) is 0.887. The van der Waals surface area contributed by atoms with Crippen molar-refractivity contribution in [2.75, 3.05) is 6.26 Å². The number of nitrogens with one attached hydrogen (secondary N) is 1. The van der Waals surface area contributed by atoms with E-state index < -0.39 is 19.9 Å². The molecular formula is C14H14ClNO4S2. The van der Waals surface area contributed by atoms with Crippen LogP contribution in [-0.2, 0) is 26.4 Å². The van der Waals surface area contributed by atoms with Gasteiger partial charge in [-0.3, -0.25) is 0 Å². The molecule has 0 heterocycles. The fourth-order valence-electron chi connectivity index (χ4n) is 1.77. The van der Waals surface area contributed by atoms with Crippen LogP contribution in [0.4, 0.5) is 0 Å². The maximum Gasteiger partial charge on any atom is 0.240 e. The molecule has 0 amide bonds. The largest absolute Gasteiger partial charge is 0.240 e. The third-order valence-electron chi connectivity index (χ3n) is 2.95. The van der Waals surface area contributed by atoms with Crippen molar-refractivity contribution < 1.29 is 16.8 Å². The van der Waals surface area contributed by atoms with E-state index in [0.29, 0.717) is 10.6 Å². The van der Waals surface area contributed by atoms with Gasteiger partial charge < -0.3 is 0 Å². The molecular weight excluding hydrogens is 346 g/mol. The van der Waals surface area contributed by atoms with Gasteiger partial charge in [0, 0.05) is 17.8 Å². The number of rotatable bonds is 5. The van der Waals surface area contributed by atoms with Crippen molar-refractivity contribution in [3.05, 3.63) is 59.1 Å². The summed E-state index contributed by atoms with van der Waals surface area (Å²) >= 11 is 5.97. The van der Waals surface area contributed by atoms with Gasteiger partial charge in [0.15, 0.2) is 9.84 Å². The van der Waals surface area contributed by atoms with Crippen LogP contribution in [0.15, 0.2) is 58.3 Å². The molecule has 0 saturated carbocycles. The van der Waals surface area contributed by atoms with Gasteiger partial charge in [-0.25, -0.2) is 21.6 Å². The minimum Gasteiger partial charge on any atom is -0.224 e. The molecule has 5 nitrogen and oxygen atoms in total. The first-order valence-corrected chi connectivity index (χ1v) is 9.98. The number of halogens is 1. The second-order valence-electron chi connectivity index (χ2n) is 4.66. The van der Waals surface area contributed by atoms with Crippen molar-refractivity contribution in [1.29, 1.82) is 0 Å². The molecule has 0 radical (unpaired) electrons. The van der Waals surface area contributed by atoms with Crippen molar-refractivity contribution in [3.63, 3.8) is 0 Å². The third-order valence-corrected chi connectivity index (χ3v) is 5.83. The summed E-state index contributed by atoms with van der Waals surface area (Å²) in [5.41, 5.74) is 0.631. The Bertz CT molecular complexity index is 893. The number of sulfone groups is 1. The maximum absolute atomic E-state index is 12.2. The topological polar surface area (TPSA) is 80.3 Å². The monoisotopic (exact) mass is 359 g/mol. The van der Waals surface area contributed by atoms with E-state index in [1.54, 1.807) is 24.3 Å². The van der Waals surface area contributed by atoms with E-state index in [9.17, 15) is 16.8 Å². The average Bonchev–Trinajstić information content (AvgIpc) is 2.46. The minimum atomic E-state index is -3.83. The van der Waals surface area contributed by atoms with Crippen molar-refractivity contribution in [2.45, 2.75) is 16.3 Å². The van der Waals surface area contributed by atoms with Gasteiger partial charge in [-0.2, -0.15) is 0 Å². The van der Waals surface area contributed by atoms with Crippen LogP contribution in [0.5, 0.6) is 0 Å². The Kier molecular flexibility index (Phi) is 4.91. The molecule has 1 N–H and O–H groups in total. The highest BCUT2D eigenvalue weighted by atomic mass is 35.5. The van der Waals surface area contributed by atoms with Crippen LogP contribution in [0, 0.1) is 0 Å². The normalized spacial score (nSPS) is 12.3. The zero-order chi connectivity index (χ0) is 16.4. The zero-order valence-corrected chi connectivity index (χ0v) is 14.0. The average molecular weight is 360 g/mol. The van der Waals surface area contributed by atoms with Crippen molar-refractivity contribution in [2.24, 2.45) is 0 Å².